The van der Waals surface area contributed by atoms with Crippen molar-refractivity contribution < 1.29 is 13.9 Å². The highest BCUT2D eigenvalue weighted by Crippen LogP contribution is 2.58. The minimum Gasteiger partial charge on any atom is -0.463 e. The quantitative estimate of drug-likeness (QED) is 0.254. The topological polar surface area (TPSA) is 79.1 Å². The van der Waals surface area contributed by atoms with E-state index in [-0.39, 0.29) is 35.4 Å². The Hall–Kier alpha value is -4.10. The molecule has 3 atom stereocenters. The SMILES string of the molecule is [C-]#[N+]C[C@H]1CN(c2nc(OCC3(CN4CCCC4)CC3)nc3c(F)c(-c4cccc5c4CC4CC54)ncc23)CCN1C(=O)C=C. The second kappa shape index (κ2) is 11.1. The zero-order valence-electron chi connectivity index (χ0n) is 25.6. The highest BCUT2D eigenvalue weighted by atomic mass is 19.1. The molecule has 5 aliphatic rings. The zero-order valence-corrected chi connectivity index (χ0v) is 25.6. The fraction of sp³-hybridized carbons (Fsp3) is 0.514. The van der Waals surface area contributed by atoms with Crippen LogP contribution >= 0.6 is 0 Å². The molecule has 9 nitrogen and oxygen atoms in total. The van der Waals surface area contributed by atoms with E-state index in [1.165, 1.54) is 36.5 Å². The van der Waals surface area contributed by atoms with Crippen molar-refractivity contribution in [3.05, 3.63) is 65.4 Å². The summed E-state index contributed by atoms with van der Waals surface area (Å²) in [6.45, 7) is 16.3. The van der Waals surface area contributed by atoms with E-state index in [0.29, 0.717) is 55.0 Å². The normalized spacial score (nSPS) is 24.7. The van der Waals surface area contributed by atoms with Gasteiger partial charge in [0.1, 0.15) is 23.1 Å². The van der Waals surface area contributed by atoms with Crippen LogP contribution in [0.5, 0.6) is 6.01 Å². The second-order valence-corrected chi connectivity index (χ2v) is 13.6. The smallest absolute Gasteiger partial charge is 0.319 e. The number of rotatable bonds is 9. The standard InChI is InChI=1S/C35H38FN7O2/c1-3-29(44)43-14-13-42(19-23(43)17-37-2)33-28-18-38-31(25-8-6-7-24-26-15-22(26)16-27(24)25)30(36)32(28)39-34(40-33)45-21-35(9-10-35)20-41-11-4-5-12-41/h3,6-8,18,22-23,26H,1,4-5,9-17,19-21H2/t22?,23-,26?/m0/s1. The predicted octanol–water partition coefficient (Wildman–Crippen LogP) is 4.87. The van der Waals surface area contributed by atoms with Crippen molar-refractivity contribution in [1.82, 2.24) is 24.8 Å². The first kappa shape index (κ1) is 28.4. The molecule has 2 saturated carbocycles. The number of hydrogen-bond donors (Lipinski definition) is 0. The summed E-state index contributed by atoms with van der Waals surface area (Å²) in [5.41, 5.74) is 3.98. The molecule has 8 rings (SSSR count). The third-order valence-corrected chi connectivity index (χ3v) is 10.7. The molecule has 3 aromatic rings. The molecule has 0 bridgehead atoms. The Morgan fingerprint density at radius 2 is 2.04 bits per heavy atom. The summed E-state index contributed by atoms with van der Waals surface area (Å²) in [4.78, 5) is 36.6. The van der Waals surface area contributed by atoms with Crippen molar-refractivity contribution in [1.29, 1.82) is 0 Å². The molecule has 45 heavy (non-hydrogen) atoms. The highest BCUT2D eigenvalue weighted by Gasteiger charge is 2.47. The summed E-state index contributed by atoms with van der Waals surface area (Å²) in [5, 5.41) is 0.502. The Bertz CT molecular complexity index is 1730. The van der Waals surface area contributed by atoms with Crippen molar-refractivity contribution in [3.63, 3.8) is 0 Å². The Morgan fingerprint density at radius 3 is 2.82 bits per heavy atom. The maximum absolute atomic E-state index is 16.7. The van der Waals surface area contributed by atoms with E-state index < -0.39 is 5.82 Å². The van der Waals surface area contributed by atoms with Crippen LogP contribution in [0.15, 0.2) is 37.1 Å². The molecule has 4 fully saturated rings. The lowest BCUT2D eigenvalue weighted by molar-refractivity contribution is -0.128. The molecule has 0 radical (unpaired) electrons. The van der Waals surface area contributed by atoms with Crippen LogP contribution in [0, 0.1) is 23.7 Å². The molecular weight excluding hydrogens is 569 g/mol. The fourth-order valence-electron chi connectivity index (χ4n) is 7.91. The van der Waals surface area contributed by atoms with Crippen molar-refractivity contribution in [2.75, 3.05) is 57.3 Å². The summed E-state index contributed by atoms with van der Waals surface area (Å²) in [6, 6.07) is 5.97. The number of carbonyl (C=O) groups excluding carboxylic acids is 1. The Balaban J connectivity index is 1.17. The van der Waals surface area contributed by atoms with Gasteiger partial charge in [0.15, 0.2) is 5.82 Å². The van der Waals surface area contributed by atoms with Crippen molar-refractivity contribution in [3.8, 4) is 17.3 Å². The third kappa shape index (κ3) is 5.11. The number of hydrogen-bond acceptors (Lipinski definition) is 7. The van der Waals surface area contributed by atoms with Crippen LogP contribution < -0.4 is 9.64 Å². The maximum Gasteiger partial charge on any atom is 0.319 e. The summed E-state index contributed by atoms with van der Waals surface area (Å²) in [5.74, 6) is 1.13. The molecule has 1 amide bonds. The Morgan fingerprint density at radius 1 is 1.20 bits per heavy atom. The lowest BCUT2D eigenvalue weighted by Crippen LogP contribution is -2.56. The third-order valence-electron chi connectivity index (χ3n) is 10.7. The molecule has 1 aromatic carbocycles. The lowest BCUT2D eigenvalue weighted by atomic mass is 9.96. The van der Waals surface area contributed by atoms with Gasteiger partial charge < -0.3 is 24.3 Å². The van der Waals surface area contributed by atoms with Crippen LogP contribution in [0.1, 0.15) is 49.1 Å². The van der Waals surface area contributed by atoms with Gasteiger partial charge in [0, 0.05) is 43.4 Å². The monoisotopic (exact) mass is 607 g/mol. The Labute approximate surface area is 262 Å². The van der Waals surface area contributed by atoms with Crippen LogP contribution in [-0.2, 0) is 11.2 Å². The zero-order chi connectivity index (χ0) is 30.7. The average molecular weight is 608 g/mol. The van der Waals surface area contributed by atoms with Crippen LogP contribution in [0.25, 0.3) is 27.0 Å². The molecule has 3 aliphatic carbocycles. The number of nitrogens with zero attached hydrogens (tertiary/aromatic N) is 7. The summed E-state index contributed by atoms with van der Waals surface area (Å²) in [6.07, 6.45) is 9.86. The number of aromatic nitrogens is 3. The van der Waals surface area contributed by atoms with Crippen molar-refractivity contribution in [2.24, 2.45) is 11.3 Å². The van der Waals surface area contributed by atoms with Crippen molar-refractivity contribution >= 4 is 22.6 Å². The average Bonchev–Trinajstić information content (AvgIpc) is 3.91. The van der Waals surface area contributed by atoms with Crippen LogP contribution in [-0.4, -0.2) is 89.1 Å². The van der Waals surface area contributed by atoms with E-state index >= 15 is 4.39 Å². The van der Waals surface area contributed by atoms with Crippen molar-refractivity contribution in [2.45, 2.75) is 50.5 Å². The van der Waals surface area contributed by atoms with Gasteiger partial charge in [0.05, 0.1) is 12.0 Å². The van der Waals surface area contributed by atoms with Gasteiger partial charge in [-0.1, -0.05) is 24.8 Å². The first-order valence-corrected chi connectivity index (χ1v) is 16.3. The number of likely N-dealkylation sites (tertiary alicyclic amines) is 1. The molecule has 0 N–H and O–H groups in total. The molecule has 2 saturated heterocycles. The molecule has 2 aromatic heterocycles. The second-order valence-electron chi connectivity index (χ2n) is 13.6. The fourth-order valence-corrected chi connectivity index (χ4v) is 7.91. The molecule has 4 heterocycles. The number of ether oxygens (including phenoxy) is 1. The highest BCUT2D eigenvalue weighted by molar-refractivity contribution is 5.93. The maximum atomic E-state index is 16.7. The van der Waals surface area contributed by atoms with E-state index in [0.717, 1.165) is 44.5 Å². The number of pyridine rings is 1. The predicted molar refractivity (Wildman–Crippen MR) is 169 cm³/mol. The van der Waals surface area contributed by atoms with E-state index in [1.807, 2.05) is 17.0 Å². The first-order chi connectivity index (χ1) is 22.0. The minimum absolute atomic E-state index is 0.0909. The number of piperazine rings is 1. The van der Waals surface area contributed by atoms with Gasteiger partial charge in [0.25, 0.3) is 0 Å². The van der Waals surface area contributed by atoms with E-state index in [1.54, 1.807) is 11.1 Å². The molecular formula is C35H38FN7O2. The minimum atomic E-state index is -0.466. The van der Waals surface area contributed by atoms with Gasteiger partial charge in [-0.15, -0.1) is 0 Å². The molecule has 0 spiro atoms. The van der Waals surface area contributed by atoms with E-state index in [9.17, 15) is 4.79 Å². The number of benzene rings is 1. The number of amides is 1. The summed E-state index contributed by atoms with van der Waals surface area (Å²) in [7, 11) is 0. The largest absolute Gasteiger partial charge is 0.463 e. The van der Waals surface area contributed by atoms with Crippen LogP contribution in [0.3, 0.4) is 0 Å². The van der Waals surface area contributed by atoms with Gasteiger partial charge in [-0.25, -0.2) is 11.0 Å². The molecule has 2 unspecified atom stereocenters. The Kier molecular flexibility index (Phi) is 6.97. The lowest BCUT2D eigenvalue weighted by Gasteiger charge is -2.39. The molecule has 2 aliphatic heterocycles. The van der Waals surface area contributed by atoms with Gasteiger partial charge in [0.2, 0.25) is 12.5 Å². The van der Waals surface area contributed by atoms with Gasteiger partial charge in [-0.05, 0) is 80.7 Å². The van der Waals surface area contributed by atoms with Gasteiger partial charge in [-0.3, -0.25) is 9.78 Å². The number of carbonyl (C=O) groups is 1. The van der Waals surface area contributed by atoms with E-state index in [2.05, 4.69) is 27.4 Å². The van der Waals surface area contributed by atoms with Crippen LogP contribution in [0.4, 0.5) is 10.2 Å². The number of anilines is 1. The molecule has 232 valence electrons. The van der Waals surface area contributed by atoms with Gasteiger partial charge >= 0.3 is 6.01 Å². The first-order valence-electron chi connectivity index (χ1n) is 16.3. The number of halogens is 1. The summed E-state index contributed by atoms with van der Waals surface area (Å²) >= 11 is 0. The molecule has 10 heteroatoms. The van der Waals surface area contributed by atoms with Crippen LogP contribution in [0.2, 0.25) is 0 Å². The van der Waals surface area contributed by atoms with E-state index in [4.69, 9.17) is 21.3 Å². The number of fused-ring (bicyclic) bond motifs is 4. The van der Waals surface area contributed by atoms with Gasteiger partial charge in [-0.2, -0.15) is 9.97 Å². The summed E-state index contributed by atoms with van der Waals surface area (Å²) < 4.78 is 23.0.